The molecule has 1 aliphatic rings. The molecule has 1 saturated heterocycles. The van der Waals surface area contributed by atoms with Crippen molar-refractivity contribution in [3.8, 4) is 11.7 Å². The van der Waals surface area contributed by atoms with Gasteiger partial charge in [0.15, 0.2) is 11.5 Å². The summed E-state index contributed by atoms with van der Waals surface area (Å²) in [6, 6.07) is -0.498. The van der Waals surface area contributed by atoms with Crippen molar-refractivity contribution in [2.45, 2.75) is 37.7 Å². The number of alkyl halides is 4. The lowest BCUT2D eigenvalue weighted by Crippen LogP contribution is -2.30. The number of carbonyl (C=O) groups excluding carboxylic acids is 1. The molecule has 3 rings (SSSR count). The molecule has 0 saturated carbocycles. The van der Waals surface area contributed by atoms with Gasteiger partial charge < -0.3 is 10.1 Å². The summed E-state index contributed by atoms with van der Waals surface area (Å²) >= 11 is 0. The van der Waals surface area contributed by atoms with E-state index in [-0.39, 0.29) is 36.9 Å². The van der Waals surface area contributed by atoms with Crippen LogP contribution in [0.15, 0.2) is 18.6 Å². The first-order valence-electron chi connectivity index (χ1n) is 8.20. The lowest BCUT2D eigenvalue weighted by molar-refractivity contribution is -0.141. The highest BCUT2D eigenvalue weighted by Crippen LogP contribution is 2.27. The van der Waals surface area contributed by atoms with E-state index < -0.39 is 24.1 Å². The van der Waals surface area contributed by atoms with Crippen molar-refractivity contribution in [3.63, 3.8) is 0 Å². The zero-order chi connectivity index (χ0) is 19.6. The van der Waals surface area contributed by atoms with Crippen LogP contribution in [0, 0.1) is 0 Å². The highest BCUT2D eigenvalue weighted by Gasteiger charge is 2.33. The van der Waals surface area contributed by atoms with Gasteiger partial charge in [-0.15, -0.1) is 5.10 Å². The summed E-state index contributed by atoms with van der Waals surface area (Å²) in [6.07, 6.45) is -1.89. The molecule has 0 radical (unpaired) electrons. The topological polar surface area (TPSA) is 81.9 Å². The lowest BCUT2D eigenvalue weighted by atomic mass is 10.0. The van der Waals surface area contributed by atoms with Crippen LogP contribution in [0.25, 0.3) is 5.82 Å². The van der Waals surface area contributed by atoms with Crippen molar-refractivity contribution in [1.29, 1.82) is 0 Å². The number of hydrogen-bond acceptors (Lipinski definition) is 6. The molecule has 0 aromatic carbocycles. The molecule has 0 unspecified atom stereocenters. The fraction of sp³-hybridized carbons (Fsp3) is 0.500. The van der Waals surface area contributed by atoms with Crippen molar-refractivity contribution in [1.82, 2.24) is 25.1 Å². The number of Topliss-reactive ketones (excluding diaryl/α,β-unsaturated/α-hetero) is 1. The Hall–Kier alpha value is -2.56. The smallest absolute Gasteiger partial charge is 0.434 e. The number of nitrogens with zero attached hydrogens (tertiary/aromatic N) is 4. The average Bonchev–Trinajstić information content (AvgIpc) is 3.25. The number of rotatable bonds is 6. The standard InChI is InChI=1S/C16H17F4N5O2/c1-27-15-9(2-3-12(26)11-4-10(17)5-21-11)8-25(24-15)14-7-22-13(6-23-14)16(18,19)20/h6-8,10-11,21H,2-5H2,1H3/t10-,11+/m1/s1. The highest BCUT2D eigenvalue weighted by atomic mass is 19.4. The van der Waals surface area contributed by atoms with Gasteiger partial charge in [-0.25, -0.2) is 19.0 Å². The van der Waals surface area contributed by atoms with Crippen LogP contribution in [0.1, 0.15) is 24.1 Å². The third kappa shape index (κ3) is 4.41. The van der Waals surface area contributed by atoms with Gasteiger partial charge in [0.05, 0.1) is 25.5 Å². The second kappa shape index (κ2) is 7.59. The Morgan fingerprint density at radius 3 is 2.70 bits per heavy atom. The molecule has 7 nitrogen and oxygen atoms in total. The summed E-state index contributed by atoms with van der Waals surface area (Å²) < 4.78 is 57.3. The van der Waals surface area contributed by atoms with Crippen LogP contribution in [-0.2, 0) is 17.4 Å². The van der Waals surface area contributed by atoms with Crippen LogP contribution in [0.2, 0.25) is 0 Å². The predicted molar refractivity (Wildman–Crippen MR) is 85.3 cm³/mol. The molecular formula is C16H17F4N5O2. The quantitative estimate of drug-likeness (QED) is 0.763. The zero-order valence-corrected chi connectivity index (χ0v) is 14.3. The first-order chi connectivity index (χ1) is 12.8. The highest BCUT2D eigenvalue weighted by molar-refractivity contribution is 5.84. The molecule has 11 heteroatoms. The van der Waals surface area contributed by atoms with Gasteiger partial charge in [-0.2, -0.15) is 13.2 Å². The van der Waals surface area contributed by atoms with E-state index in [1.54, 1.807) is 0 Å². The third-order valence-corrected chi connectivity index (χ3v) is 4.21. The predicted octanol–water partition coefficient (Wildman–Crippen LogP) is 1.89. The van der Waals surface area contributed by atoms with Gasteiger partial charge >= 0.3 is 6.18 Å². The molecule has 0 amide bonds. The van der Waals surface area contributed by atoms with Crippen molar-refractivity contribution >= 4 is 5.78 Å². The van der Waals surface area contributed by atoms with E-state index in [2.05, 4.69) is 20.4 Å². The number of ether oxygens (including phenoxy) is 1. The number of nitrogens with one attached hydrogen (secondary N) is 1. The van der Waals surface area contributed by atoms with E-state index in [1.165, 1.54) is 18.0 Å². The van der Waals surface area contributed by atoms with E-state index in [0.29, 0.717) is 18.2 Å². The van der Waals surface area contributed by atoms with E-state index in [1.807, 2.05) is 0 Å². The molecule has 3 heterocycles. The summed E-state index contributed by atoms with van der Waals surface area (Å²) in [4.78, 5) is 19.2. The van der Waals surface area contributed by atoms with Gasteiger partial charge in [0.25, 0.3) is 0 Å². The minimum atomic E-state index is -4.58. The maximum Gasteiger partial charge on any atom is 0.434 e. The molecule has 0 spiro atoms. The molecule has 2 aromatic heterocycles. The molecule has 27 heavy (non-hydrogen) atoms. The Bertz CT molecular complexity index is 806. The van der Waals surface area contributed by atoms with Crippen LogP contribution in [0.5, 0.6) is 5.88 Å². The van der Waals surface area contributed by atoms with E-state index in [0.717, 1.165) is 6.20 Å². The number of halogens is 4. The number of hydrogen-bond donors (Lipinski definition) is 1. The third-order valence-electron chi connectivity index (χ3n) is 4.21. The molecular weight excluding hydrogens is 370 g/mol. The Morgan fingerprint density at radius 1 is 1.37 bits per heavy atom. The Morgan fingerprint density at radius 2 is 2.15 bits per heavy atom. The maximum absolute atomic E-state index is 13.2. The number of aryl methyl sites for hydroxylation is 1. The van der Waals surface area contributed by atoms with Gasteiger partial charge in [0, 0.05) is 31.1 Å². The van der Waals surface area contributed by atoms with E-state index >= 15 is 0 Å². The van der Waals surface area contributed by atoms with Gasteiger partial charge in [0.2, 0.25) is 5.88 Å². The summed E-state index contributed by atoms with van der Waals surface area (Å²) in [5.74, 6) is 0.197. The number of aromatic nitrogens is 4. The SMILES string of the molecule is COc1nn(-c2cnc(C(F)(F)F)cn2)cc1CCC(=O)[C@@H]1C[C@@H](F)CN1. The van der Waals surface area contributed by atoms with E-state index in [9.17, 15) is 22.4 Å². The largest absolute Gasteiger partial charge is 0.480 e. The van der Waals surface area contributed by atoms with Crippen LogP contribution in [-0.4, -0.2) is 51.4 Å². The zero-order valence-electron chi connectivity index (χ0n) is 14.3. The van der Waals surface area contributed by atoms with Gasteiger partial charge in [0.1, 0.15) is 12.0 Å². The van der Waals surface area contributed by atoms with Gasteiger partial charge in [-0.05, 0) is 6.42 Å². The normalized spacial score (nSPS) is 20.0. The van der Waals surface area contributed by atoms with Crippen LogP contribution >= 0.6 is 0 Å². The molecule has 1 N–H and O–H groups in total. The van der Waals surface area contributed by atoms with Crippen molar-refractivity contribution in [2.24, 2.45) is 0 Å². The minimum absolute atomic E-state index is 0.0802. The van der Waals surface area contributed by atoms with Crippen molar-refractivity contribution < 1.29 is 27.1 Å². The summed E-state index contributed by atoms with van der Waals surface area (Å²) in [5, 5.41) is 6.93. The summed E-state index contributed by atoms with van der Waals surface area (Å²) in [7, 11) is 1.39. The summed E-state index contributed by atoms with van der Waals surface area (Å²) in [6.45, 7) is 0.171. The molecule has 2 atom stereocenters. The first-order valence-corrected chi connectivity index (χ1v) is 8.20. The second-order valence-electron chi connectivity index (χ2n) is 6.13. The van der Waals surface area contributed by atoms with Crippen molar-refractivity contribution in [3.05, 3.63) is 29.8 Å². The fourth-order valence-corrected chi connectivity index (χ4v) is 2.81. The molecule has 2 aromatic rings. The van der Waals surface area contributed by atoms with Crippen LogP contribution < -0.4 is 10.1 Å². The molecule has 0 bridgehead atoms. The monoisotopic (exact) mass is 387 g/mol. The minimum Gasteiger partial charge on any atom is -0.480 e. The van der Waals surface area contributed by atoms with Crippen molar-refractivity contribution in [2.75, 3.05) is 13.7 Å². The molecule has 1 aliphatic heterocycles. The Balaban J connectivity index is 1.70. The fourth-order valence-electron chi connectivity index (χ4n) is 2.81. The Kier molecular flexibility index (Phi) is 5.40. The average molecular weight is 387 g/mol. The number of carbonyl (C=O) groups is 1. The molecule has 146 valence electrons. The first kappa shape index (κ1) is 19.2. The number of methoxy groups -OCH3 is 1. The maximum atomic E-state index is 13.2. The lowest BCUT2D eigenvalue weighted by Gasteiger charge is -2.08. The number of ketones is 1. The Labute approximate surface area is 151 Å². The van der Waals surface area contributed by atoms with Crippen LogP contribution in [0.3, 0.4) is 0 Å². The molecule has 1 fully saturated rings. The van der Waals surface area contributed by atoms with E-state index in [4.69, 9.17) is 4.74 Å². The van der Waals surface area contributed by atoms with Gasteiger partial charge in [-0.3, -0.25) is 4.79 Å². The van der Waals surface area contributed by atoms with Crippen LogP contribution in [0.4, 0.5) is 17.6 Å². The molecule has 0 aliphatic carbocycles. The van der Waals surface area contributed by atoms with Gasteiger partial charge in [-0.1, -0.05) is 0 Å². The summed E-state index contributed by atoms with van der Waals surface area (Å²) in [5.41, 5.74) is -0.520. The second-order valence-corrected chi connectivity index (χ2v) is 6.13.